The number of hydrogen-bond donors (Lipinski definition) is 1. The smallest absolute Gasteiger partial charge is 0.115 e. The molecule has 4 rings (SSSR count). The molecule has 2 heteroatoms. The van der Waals surface area contributed by atoms with E-state index in [1.807, 2.05) is 12.1 Å². The Morgan fingerprint density at radius 1 is 0.800 bits per heavy atom. The maximum Gasteiger partial charge on any atom is 0.115 e. The average Bonchev–Trinajstić information content (AvgIpc) is 2.85. The highest BCUT2D eigenvalue weighted by molar-refractivity contribution is 5.83. The molecule has 1 aliphatic carbocycles. The summed E-state index contributed by atoms with van der Waals surface area (Å²) in [5.41, 5.74) is 7.75. The number of aromatic hydroxyl groups is 1. The number of rotatable bonds is 3. The third-order valence-electron chi connectivity index (χ3n) is 5.36. The quantitative estimate of drug-likeness (QED) is 0.651. The molecule has 0 heterocycles. The largest absolute Gasteiger partial charge is 0.508 e. The average molecular weight is 329 g/mol. The zero-order valence-corrected chi connectivity index (χ0v) is 15.0. The first-order chi connectivity index (χ1) is 12.0. The van der Waals surface area contributed by atoms with Crippen LogP contribution < -0.4 is 4.90 Å². The maximum atomic E-state index is 9.56. The molecule has 0 saturated carbocycles. The van der Waals surface area contributed by atoms with Crippen molar-refractivity contribution in [3.8, 4) is 16.9 Å². The molecule has 0 aliphatic heterocycles. The van der Waals surface area contributed by atoms with Gasteiger partial charge in [-0.25, -0.2) is 0 Å². The first-order valence-electron chi connectivity index (χ1n) is 8.83. The van der Waals surface area contributed by atoms with Gasteiger partial charge in [-0.15, -0.1) is 0 Å². The SMILES string of the molecule is CCN(c1ccc(O)cc1)c1ccc2c(c1)C(C)(C)c1ccccc1-2. The summed E-state index contributed by atoms with van der Waals surface area (Å²) < 4.78 is 0. The van der Waals surface area contributed by atoms with E-state index < -0.39 is 0 Å². The van der Waals surface area contributed by atoms with Crippen LogP contribution in [-0.2, 0) is 5.41 Å². The minimum absolute atomic E-state index is 0.0102. The first-order valence-corrected chi connectivity index (χ1v) is 8.83. The second kappa shape index (κ2) is 5.66. The fourth-order valence-corrected chi connectivity index (χ4v) is 4.01. The normalized spacial score (nSPS) is 14.0. The van der Waals surface area contributed by atoms with Crippen molar-refractivity contribution in [1.82, 2.24) is 0 Å². The molecule has 126 valence electrons. The topological polar surface area (TPSA) is 23.5 Å². The van der Waals surface area contributed by atoms with Crippen molar-refractivity contribution in [1.29, 1.82) is 0 Å². The Labute approximate surface area is 149 Å². The van der Waals surface area contributed by atoms with E-state index in [1.54, 1.807) is 12.1 Å². The highest BCUT2D eigenvalue weighted by Crippen LogP contribution is 2.49. The van der Waals surface area contributed by atoms with Crippen LogP contribution in [0.1, 0.15) is 31.9 Å². The van der Waals surface area contributed by atoms with Gasteiger partial charge in [0.15, 0.2) is 0 Å². The van der Waals surface area contributed by atoms with E-state index in [1.165, 1.54) is 27.9 Å². The number of phenols is 1. The van der Waals surface area contributed by atoms with Gasteiger partial charge in [-0.3, -0.25) is 0 Å². The maximum absolute atomic E-state index is 9.56. The third-order valence-corrected chi connectivity index (χ3v) is 5.36. The van der Waals surface area contributed by atoms with Crippen molar-refractivity contribution in [3.05, 3.63) is 77.9 Å². The number of hydrogen-bond acceptors (Lipinski definition) is 2. The monoisotopic (exact) mass is 329 g/mol. The van der Waals surface area contributed by atoms with Gasteiger partial charge in [0.1, 0.15) is 5.75 Å². The summed E-state index contributed by atoms with van der Waals surface area (Å²) in [6, 6.07) is 22.9. The molecule has 0 unspecified atom stereocenters. The van der Waals surface area contributed by atoms with Crippen LogP contribution in [0.2, 0.25) is 0 Å². The number of fused-ring (bicyclic) bond motifs is 3. The van der Waals surface area contributed by atoms with Gasteiger partial charge in [0, 0.05) is 23.3 Å². The van der Waals surface area contributed by atoms with E-state index in [2.05, 4.69) is 68.1 Å². The molecule has 0 aromatic heterocycles. The number of benzene rings is 3. The summed E-state index contributed by atoms with van der Waals surface area (Å²) in [5, 5.41) is 9.56. The second-order valence-electron chi connectivity index (χ2n) is 7.16. The van der Waals surface area contributed by atoms with Gasteiger partial charge in [0.25, 0.3) is 0 Å². The zero-order chi connectivity index (χ0) is 17.6. The highest BCUT2D eigenvalue weighted by atomic mass is 16.3. The van der Waals surface area contributed by atoms with Crippen LogP contribution >= 0.6 is 0 Å². The summed E-state index contributed by atoms with van der Waals surface area (Å²) >= 11 is 0. The van der Waals surface area contributed by atoms with Crippen LogP contribution in [0.3, 0.4) is 0 Å². The molecular weight excluding hydrogens is 306 g/mol. The van der Waals surface area contributed by atoms with Crippen molar-refractivity contribution >= 4 is 11.4 Å². The lowest BCUT2D eigenvalue weighted by atomic mass is 9.82. The Kier molecular flexibility index (Phi) is 3.57. The van der Waals surface area contributed by atoms with Crippen LogP contribution in [0, 0.1) is 0 Å². The van der Waals surface area contributed by atoms with Crippen molar-refractivity contribution < 1.29 is 5.11 Å². The van der Waals surface area contributed by atoms with Gasteiger partial charge in [-0.1, -0.05) is 44.2 Å². The van der Waals surface area contributed by atoms with Gasteiger partial charge >= 0.3 is 0 Å². The molecule has 3 aromatic carbocycles. The molecule has 1 aliphatic rings. The highest BCUT2D eigenvalue weighted by Gasteiger charge is 2.35. The van der Waals surface area contributed by atoms with Crippen LogP contribution in [0.5, 0.6) is 5.75 Å². The van der Waals surface area contributed by atoms with E-state index in [4.69, 9.17) is 0 Å². The van der Waals surface area contributed by atoms with Crippen molar-refractivity contribution in [2.24, 2.45) is 0 Å². The fourth-order valence-electron chi connectivity index (χ4n) is 4.01. The van der Waals surface area contributed by atoms with Crippen LogP contribution in [0.15, 0.2) is 66.7 Å². The van der Waals surface area contributed by atoms with Crippen LogP contribution in [0.4, 0.5) is 11.4 Å². The van der Waals surface area contributed by atoms with Gasteiger partial charge < -0.3 is 10.0 Å². The number of anilines is 2. The Balaban J connectivity index is 1.82. The lowest BCUT2D eigenvalue weighted by Gasteiger charge is -2.27. The van der Waals surface area contributed by atoms with Crippen molar-refractivity contribution in [3.63, 3.8) is 0 Å². The lowest BCUT2D eigenvalue weighted by molar-refractivity contribution is 0.475. The zero-order valence-electron chi connectivity index (χ0n) is 15.0. The van der Waals surface area contributed by atoms with E-state index in [9.17, 15) is 5.11 Å². The summed E-state index contributed by atoms with van der Waals surface area (Å²) in [5.74, 6) is 0.297. The van der Waals surface area contributed by atoms with E-state index in [0.29, 0.717) is 5.75 Å². The second-order valence-corrected chi connectivity index (χ2v) is 7.16. The van der Waals surface area contributed by atoms with Crippen molar-refractivity contribution in [2.75, 3.05) is 11.4 Å². The standard InChI is InChI=1S/C23H23NO/c1-4-24(16-9-12-18(25)13-10-16)17-11-14-20-19-7-5-6-8-21(19)23(2,3)22(20)15-17/h5-15,25H,4H2,1-3H3. The molecule has 0 fully saturated rings. The lowest BCUT2D eigenvalue weighted by Crippen LogP contribution is -2.18. The Morgan fingerprint density at radius 3 is 2.16 bits per heavy atom. The molecule has 2 nitrogen and oxygen atoms in total. The molecule has 0 atom stereocenters. The first kappa shape index (κ1) is 15.8. The number of nitrogens with zero attached hydrogens (tertiary/aromatic N) is 1. The molecule has 1 N–H and O–H groups in total. The molecule has 0 bridgehead atoms. The Hall–Kier alpha value is -2.74. The molecule has 0 amide bonds. The van der Waals surface area contributed by atoms with E-state index in [0.717, 1.165) is 12.2 Å². The van der Waals surface area contributed by atoms with Gasteiger partial charge in [-0.05, 0) is 65.6 Å². The summed E-state index contributed by atoms with van der Waals surface area (Å²) in [4.78, 5) is 2.28. The van der Waals surface area contributed by atoms with E-state index >= 15 is 0 Å². The predicted molar refractivity (Wildman–Crippen MR) is 105 cm³/mol. The Bertz CT molecular complexity index is 925. The summed E-state index contributed by atoms with van der Waals surface area (Å²) in [6.45, 7) is 7.63. The third kappa shape index (κ3) is 2.41. The fraction of sp³-hybridized carbons (Fsp3) is 0.217. The van der Waals surface area contributed by atoms with Gasteiger partial charge in [-0.2, -0.15) is 0 Å². The number of phenolic OH excluding ortho intramolecular Hbond substituents is 1. The molecule has 0 saturated heterocycles. The van der Waals surface area contributed by atoms with Crippen LogP contribution in [-0.4, -0.2) is 11.7 Å². The Morgan fingerprint density at radius 2 is 1.44 bits per heavy atom. The molecular formula is C23H23NO. The molecule has 25 heavy (non-hydrogen) atoms. The van der Waals surface area contributed by atoms with E-state index in [-0.39, 0.29) is 5.41 Å². The minimum atomic E-state index is 0.0102. The minimum Gasteiger partial charge on any atom is -0.508 e. The molecule has 3 aromatic rings. The van der Waals surface area contributed by atoms with Crippen LogP contribution in [0.25, 0.3) is 11.1 Å². The summed E-state index contributed by atoms with van der Waals surface area (Å²) in [7, 11) is 0. The van der Waals surface area contributed by atoms with Gasteiger partial charge in [0.2, 0.25) is 0 Å². The molecule has 0 radical (unpaired) electrons. The molecule has 0 spiro atoms. The van der Waals surface area contributed by atoms with Gasteiger partial charge in [0.05, 0.1) is 0 Å². The summed E-state index contributed by atoms with van der Waals surface area (Å²) in [6.07, 6.45) is 0. The predicted octanol–water partition coefficient (Wildman–Crippen LogP) is 5.86. The van der Waals surface area contributed by atoms with Crippen molar-refractivity contribution in [2.45, 2.75) is 26.2 Å².